The van der Waals surface area contributed by atoms with Gasteiger partial charge in [-0.05, 0) is 38.0 Å². The van der Waals surface area contributed by atoms with Crippen LogP contribution in [0, 0.1) is 13.8 Å². The molecule has 0 fully saturated rings. The van der Waals surface area contributed by atoms with E-state index in [0.717, 1.165) is 29.8 Å². The summed E-state index contributed by atoms with van der Waals surface area (Å²) in [6.45, 7) is 6.73. The highest BCUT2D eigenvalue weighted by atomic mass is 16.4. The van der Waals surface area contributed by atoms with E-state index in [9.17, 15) is 0 Å². The third-order valence-electron chi connectivity index (χ3n) is 2.52. The number of rotatable bonds is 5. The summed E-state index contributed by atoms with van der Waals surface area (Å²) < 4.78 is 5.46. The Balaban J connectivity index is 1.97. The second-order valence-electron chi connectivity index (χ2n) is 4.36. The Hall–Kier alpha value is -1.91. The standard InChI is InChI=1S/C13H18N4O/c1-4-5-12-16-17-13(18-12)14-8-11-6-9(2)15-10(3)7-11/h6-7H,4-5,8H2,1-3H3,(H,14,17). The van der Waals surface area contributed by atoms with Crippen LogP contribution in [-0.4, -0.2) is 15.2 Å². The fraction of sp³-hybridized carbons (Fsp3) is 0.462. The Kier molecular flexibility index (Phi) is 3.92. The second kappa shape index (κ2) is 5.62. The summed E-state index contributed by atoms with van der Waals surface area (Å²) in [7, 11) is 0. The summed E-state index contributed by atoms with van der Waals surface area (Å²) in [5.41, 5.74) is 3.20. The van der Waals surface area contributed by atoms with Crippen molar-refractivity contribution in [2.24, 2.45) is 0 Å². The lowest BCUT2D eigenvalue weighted by molar-refractivity contribution is 0.501. The van der Waals surface area contributed by atoms with Gasteiger partial charge in [0.2, 0.25) is 5.89 Å². The predicted octanol–water partition coefficient (Wildman–Crippen LogP) is 2.65. The summed E-state index contributed by atoms with van der Waals surface area (Å²) in [5.74, 6) is 0.682. The zero-order chi connectivity index (χ0) is 13.0. The van der Waals surface area contributed by atoms with E-state index in [2.05, 4.69) is 27.4 Å². The Bertz CT molecular complexity index is 501. The van der Waals surface area contributed by atoms with Crippen LogP contribution in [0.1, 0.15) is 36.2 Å². The molecule has 2 aromatic rings. The number of anilines is 1. The minimum Gasteiger partial charge on any atom is -0.408 e. The van der Waals surface area contributed by atoms with E-state index < -0.39 is 0 Å². The first-order valence-electron chi connectivity index (χ1n) is 6.18. The molecule has 0 aliphatic rings. The molecule has 96 valence electrons. The minimum atomic E-state index is 0.477. The highest BCUT2D eigenvalue weighted by molar-refractivity contribution is 5.26. The fourth-order valence-corrected chi connectivity index (χ4v) is 1.84. The second-order valence-corrected chi connectivity index (χ2v) is 4.36. The lowest BCUT2D eigenvalue weighted by atomic mass is 10.2. The molecule has 0 aliphatic carbocycles. The SMILES string of the molecule is CCCc1nnc(NCc2cc(C)nc(C)c2)o1. The number of aromatic nitrogens is 3. The monoisotopic (exact) mass is 246 g/mol. The summed E-state index contributed by atoms with van der Waals surface area (Å²) >= 11 is 0. The third kappa shape index (κ3) is 3.29. The molecule has 18 heavy (non-hydrogen) atoms. The average molecular weight is 246 g/mol. The molecule has 0 saturated heterocycles. The van der Waals surface area contributed by atoms with Crippen LogP contribution in [0.15, 0.2) is 16.5 Å². The van der Waals surface area contributed by atoms with E-state index in [1.807, 2.05) is 26.0 Å². The lowest BCUT2D eigenvalue weighted by Gasteiger charge is -2.04. The van der Waals surface area contributed by atoms with Gasteiger partial charge >= 0.3 is 6.01 Å². The maximum atomic E-state index is 5.46. The number of pyridine rings is 1. The number of aryl methyl sites for hydroxylation is 3. The molecule has 0 atom stereocenters. The largest absolute Gasteiger partial charge is 0.408 e. The molecule has 5 nitrogen and oxygen atoms in total. The number of nitrogens with zero attached hydrogens (tertiary/aromatic N) is 3. The van der Waals surface area contributed by atoms with Crippen molar-refractivity contribution < 1.29 is 4.42 Å². The molecule has 0 radical (unpaired) electrons. The molecule has 0 spiro atoms. The third-order valence-corrected chi connectivity index (χ3v) is 2.52. The molecular weight excluding hydrogens is 228 g/mol. The van der Waals surface area contributed by atoms with Crippen LogP contribution >= 0.6 is 0 Å². The molecule has 0 unspecified atom stereocenters. The summed E-state index contributed by atoms with van der Waals surface area (Å²) in [6, 6.07) is 4.57. The highest BCUT2D eigenvalue weighted by Crippen LogP contribution is 2.10. The van der Waals surface area contributed by atoms with Crippen molar-refractivity contribution >= 4 is 6.01 Å². The smallest absolute Gasteiger partial charge is 0.315 e. The molecule has 0 saturated carbocycles. The first-order chi connectivity index (χ1) is 8.67. The van der Waals surface area contributed by atoms with Gasteiger partial charge in [0.05, 0.1) is 0 Å². The summed E-state index contributed by atoms with van der Waals surface area (Å²) in [4.78, 5) is 4.34. The average Bonchev–Trinajstić information content (AvgIpc) is 2.74. The lowest BCUT2D eigenvalue weighted by Crippen LogP contribution is -2.01. The van der Waals surface area contributed by atoms with Gasteiger partial charge in [0.1, 0.15) is 0 Å². The Labute approximate surface area is 107 Å². The molecule has 0 amide bonds. The van der Waals surface area contributed by atoms with Crippen LogP contribution in [-0.2, 0) is 13.0 Å². The van der Waals surface area contributed by atoms with Crippen LogP contribution in [0.3, 0.4) is 0 Å². The normalized spacial score (nSPS) is 10.6. The topological polar surface area (TPSA) is 63.8 Å². The summed E-state index contributed by atoms with van der Waals surface area (Å²) in [5, 5.41) is 11.0. The minimum absolute atomic E-state index is 0.477. The van der Waals surface area contributed by atoms with Crippen molar-refractivity contribution in [3.63, 3.8) is 0 Å². The molecule has 0 aromatic carbocycles. The van der Waals surface area contributed by atoms with Gasteiger partial charge in [0.15, 0.2) is 0 Å². The van der Waals surface area contributed by atoms with Crippen LogP contribution in [0.4, 0.5) is 6.01 Å². The van der Waals surface area contributed by atoms with Crippen LogP contribution in [0.25, 0.3) is 0 Å². The van der Waals surface area contributed by atoms with Gasteiger partial charge in [-0.2, -0.15) is 0 Å². The highest BCUT2D eigenvalue weighted by Gasteiger charge is 2.05. The Morgan fingerprint density at radius 1 is 1.17 bits per heavy atom. The van der Waals surface area contributed by atoms with E-state index >= 15 is 0 Å². The van der Waals surface area contributed by atoms with Gasteiger partial charge in [0.25, 0.3) is 0 Å². The van der Waals surface area contributed by atoms with Crippen molar-refractivity contribution in [3.05, 3.63) is 35.0 Å². The van der Waals surface area contributed by atoms with E-state index in [4.69, 9.17) is 4.42 Å². The van der Waals surface area contributed by atoms with E-state index in [1.54, 1.807) is 0 Å². The van der Waals surface area contributed by atoms with Crippen molar-refractivity contribution in [2.75, 3.05) is 5.32 Å². The van der Waals surface area contributed by atoms with Gasteiger partial charge in [-0.3, -0.25) is 4.98 Å². The van der Waals surface area contributed by atoms with Crippen LogP contribution in [0.2, 0.25) is 0 Å². The number of nitrogens with one attached hydrogen (secondary N) is 1. The first kappa shape index (κ1) is 12.5. The van der Waals surface area contributed by atoms with E-state index in [-0.39, 0.29) is 0 Å². The van der Waals surface area contributed by atoms with Crippen molar-refractivity contribution in [1.82, 2.24) is 15.2 Å². The molecular formula is C13H18N4O. The molecule has 2 heterocycles. The molecule has 2 aromatic heterocycles. The molecule has 1 N–H and O–H groups in total. The molecule has 0 aliphatic heterocycles. The quantitative estimate of drug-likeness (QED) is 0.878. The van der Waals surface area contributed by atoms with Crippen LogP contribution in [0.5, 0.6) is 0 Å². The van der Waals surface area contributed by atoms with Gasteiger partial charge < -0.3 is 9.73 Å². The maximum Gasteiger partial charge on any atom is 0.315 e. The van der Waals surface area contributed by atoms with Gasteiger partial charge in [0, 0.05) is 24.4 Å². The zero-order valence-corrected chi connectivity index (χ0v) is 11.0. The van der Waals surface area contributed by atoms with Crippen LogP contribution < -0.4 is 5.32 Å². The summed E-state index contributed by atoms with van der Waals surface area (Å²) in [6.07, 6.45) is 1.83. The number of hydrogen-bond donors (Lipinski definition) is 1. The Morgan fingerprint density at radius 3 is 2.56 bits per heavy atom. The predicted molar refractivity (Wildman–Crippen MR) is 69.3 cm³/mol. The van der Waals surface area contributed by atoms with Crippen molar-refractivity contribution in [1.29, 1.82) is 0 Å². The van der Waals surface area contributed by atoms with Gasteiger partial charge in [-0.25, -0.2) is 0 Å². The first-order valence-corrected chi connectivity index (χ1v) is 6.18. The maximum absolute atomic E-state index is 5.46. The fourth-order valence-electron chi connectivity index (χ4n) is 1.84. The van der Waals surface area contributed by atoms with E-state index in [1.165, 1.54) is 0 Å². The van der Waals surface area contributed by atoms with Gasteiger partial charge in [-0.15, -0.1) is 5.10 Å². The van der Waals surface area contributed by atoms with Gasteiger partial charge in [-0.1, -0.05) is 12.0 Å². The van der Waals surface area contributed by atoms with E-state index in [0.29, 0.717) is 18.5 Å². The molecule has 0 bridgehead atoms. The van der Waals surface area contributed by atoms with Crippen molar-refractivity contribution in [3.8, 4) is 0 Å². The zero-order valence-electron chi connectivity index (χ0n) is 11.0. The Morgan fingerprint density at radius 2 is 1.89 bits per heavy atom. The number of hydrogen-bond acceptors (Lipinski definition) is 5. The molecule has 2 rings (SSSR count). The van der Waals surface area contributed by atoms with Crippen molar-refractivity contribution in [2.45, 2.75) is 40.2 Å². The molecule has 5 heteroatoms.